The first kappa shape index (κ1) is 18.2. The number of sulfone groups is 1. The van der Waals surface area contributed by atoms with Crippen molar-refractivity contribution in [3.8, 4) is 5.75 Å². The molecule has 6 heteroatoms. The zero-order valence-electron chi connectivity index (χ0n) is 14.6. The van der Waals surface area contributed by atoms with Crippen molar-refractivity contribution in [3.63, 3.8) is 0 Å². The van der Waals surface area contributed by atoms with Crippen molar-refractivity contribution in [1.29, 1.82) is 0 Å². The molecule has 0 atom stereocenters. The van der Waals surface area contributed by atoms with Gasteiger partial charge in [-0.3, -0.25) is 4.79 Å². The average molecular weight is 365 g/mol. The number of hydrogen-bond acceptors (Lipinski definition) is 4. The van der Waals surface area contributed by atoms with Crippen LogP contribution in [0.3, 0.4) is 0 Å². The number of anilines is 1. The molecule has 1 N–H and O–H groups in total. The van der Waals surface area contributed by atoms with E-state index in [1.165, 1.54) is 12.8 Å². The maximum Gasteiger partial charge on any atom is 0.225 e. The number of benzene rings is 1. The standard InChI is InChI=1S/C19H27NO4S/c21-19(13-14-25(22,23)16-9-3-4-10-16)20-17-11-5-6-12-18(17)24-15-7-1-2-8-15/h5-6,11-12,15-16H,1-4,7-10,13-14H2,(H,20,21). The van der Waals surface area contributed by atoms with Crippen LogP contribution in [0.5, 0.6) is 5.75 Å². The van der Waals surface area contributed by atoms with E-state index in [1.807, 2.05) is 18.2 Å². The predicted molar refractivity (Wildman–Crippen MR) is 98.6 cm³/mol. The summed E-state index contributed by atoms with van der Waals surface area (Å²) in [6, 6.07) is 7.37. The Labute approximate surface area is 150 Å². The Bertz CT molecular complexity index is 689. The predicted octanol–water partition coefficient (Wildman–Crippen LogP) is 3.69. The quantitative estimate of drug-likeness (QED) is 0.800. The highest BCUT2D eigenvalue weighted by molar-refractivity contribution is 7.92. The van der Waals surface area contributed by atoms with Gasteiger partial charge in [-0.2, -0.15) is 0 Å². The number of amides is 1. The van der Waals surface area contributed by atoms with Crippen molar-refractivity contribution in [3.05, 3.63) is 24.3 Å². The maximum absolute atomic E-state index is 12.3. The second-order valence-corrected chi connectivity index (χ2v) is 9.49. The molecule has 1 aromatic rings. The van der Waals surface area contributed by atoms with E-state index in [0.717, 1.165) is 38.5 Å². The lowest BCUT2D eigenvalue weighted by Crippen LogP contribution is -2.24. The van der Waals surface area contributed by atoms with Crippen LogP contribution < -0.4 is 10.1 Å². The normalized spacial score (nSPS) is 19.2. The summed E-state index contributed by atoms with van der Waals surface area (Å²) >= 11 is 0. The molecule has 25 heavy (non-hydrogen) atoms. The molecular formula is C19H27NO4S. The molecule has 138 valence electrons. The molecule has 0 unspecified atom stereocenters. The molecule has 0 saturated heterocycles. The van der Waals surface area contributed by atoms with Gasteiger partial charge in [0.1, 0.15) is 5.75 Å². The molecule has 2 aliphatic carbocycles. The van der Waals surface area contributed by atoms with Gasteiger partial charge in [-0.25, -0.2) is 8.42 Å². The molecule has 0 bridgehead atoms. The molecule has 0 aromatic heterocycles. The number of para-hydroxylation sites is 2. The minimum absolute atomic E-state index is 0.00338. The van der Waals surface area contributed by atoms with Crippen molar-refractivity contribution in [2.75, 3.05) is 11.1 Å². The van der Waals surface area contributed by atoms with Gasteiger partial charge in [0.05, 0.1) is 22.8 Å². The van der Waals surface area contributed by atoms with Gasteiger partial charge < -0.3 is 10.1 Å². The lowest BCUT2D eigenvalue weighted by molar-refractivity contribution is -0.115. The van der Waals surface area contributed by atoms with Crippen molar-refractivity contribution in [2.45, 2.75) is 69.1 Å². The van der Waals surface area contributed by atoms with Crippen LogP contribution in [-0.2, 0) is 14.6 Å². The molecule has 2 fully saturated rings. The van der Waals surface area contributed by atoms with Gasteiger partial charge in [0.25, 0.3) is 0 Å². The minimum atomic E-state index is -3.17. The maximum atomic E-state index is 12.3. The fraction of sp³-hybridized carbons (Fsp3) is 0.632. The molecule has 0 radical (unpaired) electrons. The van der Waals surface area contributed by atoms with Crippen LogP contribution in [0.4, 0.5) is 5.69 Å². The van der Waals surface area contributed by atoms with E-state index < -0.39 is 9.84 Å². The summed E-state index contributed by atoms with van der Waals surface area (Å²) in [5, 5.41) is 2.57. The van der Waals surface area contributed by atoms with Crippen molar-refractivity contribution in [1.82, 2.24) is 0 Å². The van der Waals surface area contributed by atoms with E-state index in [9.17, 15) is 13.2 Å². The first-order valence-corrected chi connectivity index (χ1v) is 11.0. The number of nitrogens with one attached hydrogen (secondary N) is 1. The summed E-state index contributed by atoms with van der Waals surface area (Å²) in [7, 11) is -3.17. The van der Waals surface area contributed by atoms with Crippen molar-refractivity contribution in [2.24, 2.45) is 0 Å². The minimum Gasteiger partial charge on any atom is -0.488 e. The van der Waals surface area contributed by atoms with Crippen LogP contribution in [0, 0.1) is 0 Å². The summed E-state index contributed by atoms with van der Waals surface area (Å²) in [5.41, 5.74) is 0.623. The Morgan fingerprint density at radius 1 is 1.04 bits per heavy atom. The smallest absolute Gasteiger partial charge is 0.225 e. The largest absolute Gasteiger partial charge is 0.488 e. The fourth-order valence-corrected chi connectivity index (χ4v) is 5.58. The Morgan fingerprint density at radius 2 is 1.68 bits per heavy atom. The molecule has 1 aromatic carbocycles. The van der Waals surface area contributed by atoms with Crippen LogP contribution in [0.1, 0.15) is 57.8 Å². The highest BCUT2D eigenvalue weighted by Gasteiger charge is 2.29. The second-order valence-electron chi connectivity index (χ2n) is 7.09. The molecule has 0 aliphatic heterocycles. The second kappa shape index (κ2) is 8.21. The zero-order chi connectivity index (χ0) is 17.7. The zero-order valence-corrected chi connectivity index (χ0v) is 15.4. The molecule has 0 heterocycles. The Morgan fingerprint density at radius 3 is 2.40 bits per heavy atom. The lowest BCUT2D eigenvalue weighted by Gasteiger charge is -2.17. The highest BCUT2D eigenvalue weighted by Crippen LogP contribution is 2.30. The summed E-state index contributed by atoms with van der Waals surface area (Å²) in [6.07, 6.45) is 8.07. The van der Waals surface area contributed by atoms with E-state index in [2.05, 4.69) is 5.32 Å². The van der Waals surface area contributed by atoms with Crippen molar-refractivity contribution < 1.29 is 17.9 Å². The monoisotopic (exact) mass is 365 g/mol. The SMILES string of the molecule is O=C(CCS(=O)(=O)C1CCCC1)Nc1ccccc1OC1CCCC1. The third kappa shape index (κ3) is 4.97. The summed E-state index contributed by atoms with van der Waals surface area (Å²) in [4.78, 5) is 12.2. The lowest BCUT2D eigenvalue weighted by atomic mass is 10.2. The topological polar surface area (TPSA) is 72.5 Å². The molecule has 0 spiro atoms. The Kier molecular flexibility index (Phi) is 5.99. The van der Waals surface area contributed by atoms with E-state index in [4.69, 9.17) is 4.74 Å². The van der Waals surface area contributed by atoms with Gasteiger partial charge in [0.15, 0.2) is 9.84 Å². The molecule has 5 nitrogen and oxygen atoms in total. The molecule has 3 rings (SSSR count). The molecule has 2 aliphatic rings. The molecule has 2 saturated carbocycles. The van der Waals surface area contributed by atoms with Gasteiger partial charge in [-0.15, -0.1) is 0 Å². The summed E-state index contributed by atoms with van der Waals surface area (Å²) in [5.74, 6) is 0.320. The number of rotatable bonds is 7. The third-order valence-corrected chi connectivity index (χ3v) is 7.44. The van der Waals surface area contributed by atoms with Gasteiger partial charge >= 0.3 is 0 Å². The van der Waals surface area contributed by atoms with E-state index in [-0.39, 0.29) is 29.4 Å². The highest BCUT2D eigenvalue weighted by atomic mass is 32.2. The van der Waals surface area contributed by atoms with Crippen LogP contribution >= 0.6 is 0 Å². The van der Waals surface area contributed by atoms with Gasteiger partial charge in [-0.05, 0) is 50.7 Å². The number of carbonyl (C=O) groups excluding carboxylic acids is 1. The van der Waals surface area contributed by atoms with Gasteiger partial charge in [0.2, 0.25) is 5.91 Å². The van der Waals surface area contributed by atoms with Gasteiger partial charge in [-0.1, -0.05) is 25.0 Å². The Balaban J connectivity index is 1.55. The molecular weight excluding hydrogens is 338 g/mol. The van der Waals surface area contributed by atoms with Crippen LogP contribution in [0.2, 0.25) is 0 Å². The van der Waals surface area contributed by atoms with Crippen LogP contribution in [0.15, 0.2) is 24.3 Å². The number of ether oxygens (including phenoxy) is 1. The average Bonchev–Trinajstić information content (AvgIpc) is 3.29. The third-order valence-electron chi connectivity index (χ3n) is 5.18. The summed E-state index contributed by atoms with van der Waals surface area (Å²) in [6.45, 7) is 0. The van der Waals surface area contributed by atoms with Crippen molar-refractivity contribution >= 4 is 21.4 Å². The van der Waals surface area contributed by atoms with E-state index >= 15 is 0 Å². The Hall–Kier alpha value is -1.56. The van der Waals surface area contributed by atoms with Crippen LogP contribution in [-0.4, -0.2) is 31.4 Å². The fourth-order valence-electron chi connectivity index (χ4n) is 3.72. The van der Waals surface area contributed by atoms with E-state index in [0.29, 0.717) is 11.4 Å². The first-order valence-electron chi connectivity index (χ1n) is 9.32. The van der Waals surface area contributed by atoms with E-state index in [1.54, 1.807) is 6.07 Å². The molecule has 1 amide bonds. The number of hydrogen-bond donors (Lipinski definition) is 1. The van der Waals surface area contributed by atoms with Crippen LogP contribution in [0.25, 0.3) is 0 Å². The van der Waals surface area contributed by atoms with Gasteiger partial charge in [0, 0.05) is 6.42 Å². The summed E-state index contributed by atoms with van der Waals surface area (Å²) < 4.78 is 30.6. The number of carbonyl (C=O) groups is 1. The first-order chi connectivity index (χ1) is 12.0.